The maximum Gasteiger partial charge on any atom is 0.344 e. The summed E-state index contributed by atoms with van der Waals surface area (Å²) in [5.41, 5.74) is 0.805. The smallest absolute Gasteiger partial charge is 0.344 e. The number of esters is 1. The van der Waals surface area contributed by atoms with Gasteiger partial charge >= 0.3 is 5.97 Å². The maximum absolute atomic E-state index is 14.4. The molecule has 0 aromatic heterocycles. The number of fused-ring (bicyclic) bond motifs is 3. The topological polar surface area (TPSA) is 86.8 Å². The average molecular weight is 553 g/mol. The maximum atomic E-state index is 14.4. The molecule has 1 aliphatic carbocycles. The van der Waals surface area contributed by atoms with Gasteiger partial charge < -0.3 is 28.6 Å². The van der Waals surface area contributed by atoms with E-state index < -0.39 is 17.2 Å². The van der Waals surface area contributed by atoms with Crippen molar-refractivity contribution in [3.8, 4) is 11.5 Å². The molecule has 2 atom stereocenters. The summed E-state index contributed by atoms with van der Waals surface area (Å²) in [6.45, 7) is 5.99. The van der Waals surface area contributed by atoms with E-state index in [0.29, 0.717) is 23.7 Å². The lowest BCUT2D eigenvalue weighted by Gasteiger charge is -2.45. The molecule has 0 radical (unpaired) electrons. The fourth-order valence-electron chi connectivity index (χ4n) is 7.25. The van der Waals surface area contributed by atoms with Crippen molar-refractivity contribution in [1.82, 2.24) is 9.80 Å². The molecule has 9 nitrogen and oxygen atoms in total. The first kappa shape index (κ1) is 27.1. The molecular formula is C31H40N2O7. The number of hydrogen-bond acceptors (Lipinski definition) is 8. The van der Waals surface area contributed by atoms with Crippen LogP contribution in [0.5, 0.6) is 11.5 Å². The number of benzene rings is 1. The van der Waals surface area contributed by atoms with Crippen LogP contribution in [0.15, 0.2) is 29.7 Å². The molecule has 2 fully saturated rings. The predicted molar refractivity (Wildman–Crippen MR) is 148 cm³/mol. The number of ether oxygens (including phenoxy) is 5. The molecule has 216 valence electrons. The monoisotopic (exact) mass is 552 g/mol. The van der Waals surface area contributed by atoms with Crippen LogP contribution in [0.4, 0.5) is 0 Å². The van der Waals surface area contributed by atoms with Crippen LogP contribution in [0.25, 0.3) is 5.57 Å². The van der Waals surface area contributed by atoms with Gasteiger partial charge in [0.25, 0.3) is 0 Å². The van der Waals surface area contributed by atoms with Gasteiger partial charge in [-0.05, 0) is 94.7 Å². The minimum Gasteiger partial charge on any atom is -0.493 e. The van der Waals surface area contributed by atoms with Crippen LogP contribution < -0.4 is 9.47 Å². The van der Waals surface area contributed by atoms with Gasteiger partial charge in [0.15, 0.2) is 28.6 Å². The van der Waals surface area contributed by atoms with Gasteiger partial charge in [-0.1, -0.05) is 0 Å². The Hall–Kier alpha value is -3.04. The van der Waals surface area contributed by atoms with Crippen LogP contribution >= 0.6 is 0 Å². The van der Waals surface area contributed by atoms with Crippen molar-refractivity contribution in [2.75, 3.05) is 41.1 Å². The fraction of sp³-hybridized carbons (Fsp3) is 0.613. The van der Waals surface area contributed by atoms with E-state index in [0.717, 1.165) is 74.1 Å². The summed E-state index contributed by atoms with van der Waals surface area (Å²) in [4.78, 5) is 31.4. The van der Waals surface area contributed by atoms with Crippen LogP contribution in [0.2, 0.25) is 0 Å². The zero-order chi connectivity index (χ0) is 28.3. The van der Waals surface area contributed by atoms with E-state index in [-0.39, 0.29) is 24.7 Å². The SMILES string of the molecule is COC1=CC[C@@]23CCCN2CCc2cc4c(cc2C3=C1OC(=O)[C@@]1(CC(=O)N(C)C)CCCC(C)(C)O1)OCO4. The van der Waals surface area contributed by atoms with E-state index in [1.165, 1.54) is 4.90 Å². The summed E-state index contributed by atoms with van der Waals surface area (Å²) in [6.07, 6.45) is 7.54. The Kier molecular flexibility index (Phi) is 6.65. The summed E-state index contributed by atoms with van der Waals surface area (Å²) >= 11 is 0. The molecule has 9 heteroatoms. The average Bonchev–Trinajstić information content (AvgIpc) is 3.50. The van der Waals surface area contributed by atoms with Gasteiger partial charge in [0.2, 0.25) is 12.7 Å². The molecule has 0 N–H and O–H groups in total. The fourth-order valence-corrected chi connectivity index (χ4v) is 7.25. The number of amides is 1. The van der Waals surface area contributed by atoms with Crippen molar-refractivity contribution in [2.24, 2.45) is 0 Å². The summed E-state index contributed by atoms with van der Waals surface area (Å²) in [6, 6.07) is 4.10. The van der Waals surface area contributed by atoms with Crippen LogP contribution in [0.1, 0.15) is 69.9 Å². The highest BCUT2D eigenvalue weighted by Crippen LogP contribution is 2.54. The molecule has 0 bridgehead atoms. The Morgan fingerprint density at radius 2 is 1.82 bits per heavy atom. The lowest BCUT2D eigenvalue weighted by atomic mass is 9.75. The number of hydrogen-bond donors (Lipinski definition) is 0. The third kappa shape index (κ3) is 4.38. The summed E-state index contributed by atoms with van der Waals surface area (Å²) < 4.78 is 30.3. The Balaban J connectivity index is 1.50. The van der Waals surface area contributed by atoms with Crippen molar-refractivity contribution >= 4 is 17.4 Å². The molecule has 1 aromatic carbocycles. The predicted octanol–water partition coefficient (Wildman–Crippen LogP) is 4.19. The summed E-state index contributed by atoms with van der Waals surface area (Å²) in [5, 5.41) is 0. The molecule has 0 saturated carbocycles. The van der Waals surface area contributed by atoms with E-state index in [2.05, 4.69) is 11.0 Å². The Morgan fingerprint density at radius 3 is 2.55 bits per heavy atom. The van der Waals surface area contributed by atoms with Crippen LogP contribution in [0.3, 0.4) is 0 Å². The molecule has 6 rings (SSSR count). The lowest BCUT2D eigenvalue weighted by molar-refractivity contribution is -0.207. The zero-order valence-electron chi connectivity index (χ0n) is 24.3. The van der Waals surface area contributed by atoms with E-state index in [1.807, 2.05) is 26.0 Å². The molecule has 5 aliphatic rings. The largest absolute Gasteiger partial charge is 0.493 e. The molecule has 1 spiro atoms. The zero-order valence-corrected chi connectivity index (χ0v) is 24.3. The van der Waals surface area contributed by atoms with Gasteiger partial charge in [-0.2, -0.15) is 0 Å². The molecule has 0 unspecified atom stereocenters. The molecule has 1 aromatic rings. The van der Waals surface area contributed by atoms with Crippen molar-refractivity contribution in [3.05, 3.63) is 40.9 Å². The number of carbonyl (C=O) groups is 2. The molecule has 40 heavy (non-hydrogen) atoms. The molecule has 2 saturated heterocycles. The number of nitrogens with zero attached hydrogens (tertiary/aromatic N) is 2. The number of rotatable bonds is 5. The van der Waals surface area contributed by atoms with E-state index in [4.69, 9.17) is 23.7 Å². The second-order valence-electron chi connectivity index (χ2n) is 12.5. The Bertz CT molecular complexity index is 1300. The minimum absolute atomic E-state index is 0.0799. The van der Waals surface area contributed by atoms with Crippen molar-refractivity contribution in [2.45, 2.75) is 82.0 Å². The summed E-state index contributed by atoms with van der Waals surface area (Å²) in [5.74, 6) is 1.65. The third-order valence-electron chi connectivity index (χ3n) is 9.24. The van der Waals surface area contributed by atoms with Crippen molar-refractivity contribution in [3.63, 3.8) is 0 Å². The second kappa shape index (κ2) is 9.80. The molecule has 4 aliphatic heterocycles. The quantitative estimate of drug-likeness (QED) is 0.503. The van der Waals surface area contributed by atoms with Gasteiger partial charge in [0.1, 0.15) is 0 Å². The standard InChI is InChI=1S/C31H40N2O7/c1-29(2)10-6-12-31(40-29,18-25(34)32(3)4)28(35)39-27-22(36-5)8-13-30-11-7-14-33(30)15-9-20-16-23-24(38-19-37-23)17-21(20)26(27)30/h8,16-17H,6-7,9-15,18-19H2,1-5H3/t30-,31+/m1/s1. The lowest BCUT2D eigenvalue weighted by Crippen LogP contribution is -2.54. The van der Waals surface area contributed by atoms with E-state index >= 15 is 0 Å². The van der Waals surface area contributed by atoms with Crippen LogP contribution in [-0.2, 0) is 30.2 Å². The first-order chi connectivity index (χ1) is 19.1. The first-order valence-electron chi connectivity index (χ1n) is 14.4. The van der Waals surface area contributed by atoms with Crippen molar-refractivity contribution in [1.29, 1.82) is 0 Å². The highest BCUT2D eigenvalue weighted by atomic mass is 16.7. The van der Waals surface area contributed by atoms with Gasteiger partial charge in [0.05, 0.1) is 24.7 Å². The van der Waals surface area contributed by atoms with E-state index in [1.54, 1.807) is 21.2 Å². The van der Waals surface area contributed by atoms with Crippen LogP contribution in [0, 0.1) is 0 Å². The highest BCUT2D eigenvalue weighted by Gasteiger charge is 2.53. The van der Waals surface area contributed by atoms with E-state index in [9.17, 15) is 9.59 Å². The minimum atomic E-state index is -1.39. The Labute approximate surface area is 236 Å². The molecular weight excluding hydrogens is 512 g/mol. The number of methoxy groups -OCH3 is 1. The second-order valence-corrected chi connectivity index (χ2v) is 12.5. The van der Waals surface area contributed by atoms with Gasteiger partial charge in [-0.3, -0.25) is 9.69 Å². The number of carbonyl (C=O) groups excluding carboxylic acids is 2. The van der Waals surface area contributed by atoms with Gasteiger partial charge in [0, 0.05) is 26.2 Å². The Morgan fingerprint density at radius 1 is 1.05 bits per heavy atom. The van der Waals surface area contributed by atoms with Crippen molar-refractivity contribution < 1.29 is 33.3 Å². The highest BCUT2D eigenvalue weighted by molar-refractivity contribution is 5.91. The van der Waals surface area contributed by atoms with Crippen LogP contribution in [-0.4, -0.2) is 79.5 Å². The third-order valence-corrected chi connectivity index (χ3v) is 9.24. The van der Waals surface area contributed by atoms with Gasteiger partial charge in [-0.25, -0.2) is 4.79 Å². The molecule has 1 amide bonds. The normalized spacial score (nSPS) is 28.6. The van der Waals surface area contributed by atoms with Gasteiger partial charge in [-0.15, -0.1) is 0 Å². The summed E-state index contributed by atoms with van der Waals surface area (Å²) in [7, 11) is 4.99. The first-order valence-corrected chi connectivity index (χ1v) is 14.4. The molecule has 4 heterocycles.